The number of rotatable bonds is 16. The van der Waals surface area contributed by atoms with Crippen LogP contribution in [-0.2, 0) is 15.9 Å². The Balaban J connectivity index is 2.01. The van der Waals surface area contributed by atoms with Gasteiger partial charge in [0, 0.05) is 19.3 Å². The van der Waals surface area contributed by atoms with Gasteiger partial charge in [-0.3, -0.25) is 0 Å². The molecule has 0 aliphatic heterocycles. The molecule has 1 N–H and O–H groups in total. The zero-order valence-electron chi connectivity index (χ0n) is 20.6. The highest BCUT2D eigenvalue weighted by Crippen LogP contribution is 2.25. The molecule has 0 amide bonds. The first-order chi connectivity index (χ1) is 16.0. The number of ether oxygens (including phenoxy) is 4. The molecule has 0 spiro atoms. The van der Waals surface area contributed by atoms with E-state index in [0.29, 0.717) is 30.6 Å². The van der Waals surface area contributed by atoms with Crippen LogP contribution in [0.1, 0.15) is 63.6 Å². The molecule has 5 heteroatoms. The fourth-order valence-electron chi connectivity index (χ4n) is 3.30. The quantitative estimate of drug-likeness (QED) is 0.182. The van der Waals surface area contributed by atoms with Gasteiger partial charge < -0.3 is 24.1 Å². The van der Waals surface area contributed by atoms with Gasteiger partial charge in [0.15, 0.2) is 13.6 Å². The molecule has 1 atom stereocenters. The molecule has 0 fully saturated rings. The minimum absolute atomic E-state index is 0.199. The molecule has 0 bridgehead atoms. The third kappa shape index (κ3) is 10.9. The van der Waals surface area contributed by atoms with Crippen LogP contribution in [0.4, 0.5) is 0 Å². The summed E-state index contributed by atoms with van der Waals surface area (Å²) in [6, 6.07) is 14.3. The average Bonchev–Trinajstić information content (AvgIpc) is 2.81. The number of unbranched alkanes of at least 4 members (excludes halogenated alkanes) is 1. The van der Waals surface area contributed by atoms with Gasteiger partial charge in [0.25, 0.3) is 0 Å². The van der Waals surface area contributed by atoms with Crippen molar-refractivity contribution in [3.05, 3.63) is 59.2 Å². The molecule has 0 aliphatic carbocycles. The van der Waals surface area contributed by atoms with Gasteiger partial charge in [-0.2, -0.15) is 0 Å². The second-order valence-corrected chi connectivity index (χ2v) is 8.38. The van der Waals surface area contributed by atoms with E-state index in [9.17, 15) is 5.11 Å². The lowest BCUT2D eigenvalue weighted by atomic mass is 9.99. The molecule has 182 valence electrons. The zero-order chi connectivity index (χ0) is 23.9. The molecule has 0 saturated heterocycles. The van der Waals surface area contributed by atoms with E-state index in [1.54, 1.807) is 0 Å². The van der Waals surface area contributed by atoms with Crippen molar-refractivity contribution in [3.8, 4) is 11.5 Å². The molecule has 2 rings (SSSR count). The maximum Gasteiger partial charge on any atom is 0.189 e. The standard InChI is InChI=1S/C28H40O5/c1-5-30-20-32-26-17-25(18-27(19-26)33-21-31-6-2)15-14-24-12-9-11-23(16-24)10-7-8-13-28(29)22(3)4/h9,11-12,14-19,22,28-29H,5-8,10,13,20-21H2,1-4H3/b15-14+. The second kappa shape index (κ2) is 15.5. The minimum Gasteiger partial charge on any atom is -0.467 e. The SMILES string of the molecule is CCOCOc1cc(/C=C/c2cccc(CCCCC(O)C(C)C)c2)cc(OCOCC)c1. The summed E-state index contributed by atoms with van der Waals surface area (Å²) in [6.45, 7) is 9.59. The summed E-state index contributed by atoms with van der Waals surface area (Å²) in [6.07, 6.45) is 7.96. The largest absolute Gasteiger partial charge is 0.467 e. The van der Waals surface area contributed by atoms with Crippen LogP contribution >= 0.6 is 0 Å². The summed E-state index contributed by atoms with van der Waals surface area (Å²) in [4.78, 5) is 0. The maximum absolute atomic E-state index is 9.96. The normalized spacial score (nSPS) is 12.4. The number of aliphatic hydroxyl groups is 1. The molecular weight excluding hydrogens is 416 g/mol. The molecule has 2 aromatic carbocycles. The van der Waals surface area contributed by atoms with Crippen molar-refractivity contribution < 1.29 is 24.1 Å². The van der Waals surface area contributed by atoms with Gasteiger partial charge in [0.05, 0.1) is 6.10 Å². The van der Waals surface area contributed by atoms with Crippen LogP contribution < -0.4 is 9.47 Å². The minimum atomic E-state index is -0.199. The van der Waals surface area contributed by atoms with Crippen LogP contribution in [0.25, 0.3) is 12.2 Å². The van der Waals surface area contributed by atoms with Crippen LogP contribution in [0.15, 0.2) is 42.5 Å². The van der Waals surface area contributed by atoms with E-state index in [1.165, 1.54) is 5.56 Å². The van der Waals surface area contributed by atoms with Gasteiger partial charge in [-0.15, -0.1) is 0 Å². The summed E-state index contributed by atoms with van der Waals surface area (Å²) >= 11 is 0. The van der Waals surface area contributed by atoms with E-state index < -0.39 is 0 Å². The number of hydrogen-bond donors (Lipinski definition) is 1. The predicted molar refractivity (Wildman–Crippen MR) is 134 cm³/mol. The highest BCUT2D eigenvalue weighted by molar-refractivity contribution is 5.71. The topological polar surface area (TPSA) is 57.2 Å². The Morgan fingerprint density at radius 1 is 0.818 bits per heavy atom. The maximum atomic E-state index is 9.96. The lowest BCUT2D eigenvalue weighted by Gasteiger charge is -2.13. The van der Waals surface area contributed by atoms with Crippen LogP contribution in [0.5, 0.6) is 11.5 Å². The summed E-state index contributed by atoms with van der Waals surface area (Å²) in [5.41, 5.74) is 3.43. The lowest BCUT2D eigenvalue weighted by Crippen LogP contribution is -2.14. The summed E-state index contributed by atoms with van der Waals surface area (Å²) in [5, 5.41) is 9.96. The van der Waals surface area contributed by atoms with Crippen molar-refractivity contribution in [2.45, 2.75) is 59.5 Å². The smallest absolute Gasteiger partial charge is 0.189 e. The molecular formula is C28H40O5. The van der Waals surface area contributed by atoms with Crippen molar-refractivity contribution in [1.29, 1.82) is 0 Å². The third-order valence-electron chi connectivity index (χ3n) is 5.33. The van der Waals surface area contributed by atoms with Gasteiger partial charge in [0.2, 0.25) is 0 Å². The first-order valence-electron chi connectivity index (χ1n) is 12.0. The first-order valence-corrected chi connectivity index (χ1v) is 12.0. The van der Waals surface area contributed by atoms with Crippen molar-refractivity contribution in [3.63, 3.8) is 0 Å². The fraction of sp³-hybridized carbons (Fsp3) is 0.500. The molecule has 0 aliphatic rings. The summed E-state index contributed by atoms with van der Waals surface area (Å²) in [7, 11) is 0. The van der Waals surface area contributed by atoms with E-state index in [0.717, 1.165) is 36.8 Å². The summed E-state index contributed by atoms with van der Waals surface area (Å²) in [5.74, 6) is 1.70. The Morgan fingerprint density at radius 3 is 2.06 bits per heavy atom. The van der Waals surface area contributed by atoms with Crippen molar-refractivity contribution in [1.82, 2.24) is 0 Å². The molecule has 2 aromatic rings. The molecule has 0 radical (unpaired) electrons. The first kappa shape index (κ1) is 26.9. The predicted octanol–water partition coefficient (Wildman–Crippen LogP) is 6.33. The van der Waals surface area contributed by atoms with Gasteiger partial charge in [-0.25, -0.2) is 0 Å². The molecule has 0 saturated carbocycles. The number of hydrogen-bond acceptors (Lipinski definition) is 5. The Labute approximate surface area is 199 Å². The Hall–Kier alpha value is -2.34. The number of benzene rings is 2. The van der Waals surface area contributed by atoms with Crippen molar-refractivity contribution >= 4 is 12.2 Å². The van der Waals surface area contributed by atoms with Crippen LogP contribution in [0, 0.1) is 5.92 Å². The van der Waals surface area contributed by atoms with Gasteiger partial charge in [-0.05, 0) is 67.9 Å². The Morgan fingerprint density at radius 2 is 1.45 bits per heavy atom. The van der Waals surface area contributed by atoms with E-state index in [2.05, 4.69) is 50.3 Å². The highest BCUT2D eigenvalue weighted by atomic mass is 16.7. The number of aliphatic hydroxyl groups excluding tert-OH is 1. The Kier molecular flexibility index (Phi) is 12.6. The van der Waals surface area contributed by atoms with Crippen molar-refractivity contribution in [2.75, 3.05) is 26.8 Å². The van der Waals surface area contributed by atoms with E-state index in [1.807, 2.05) is 32.0 Å². The van der Waals surface area contributed by atoms with Crippen LogP contribution in [-0.4, -0.2) is 38.0 Å². The van der Waals surface area contributed by atoms with E-state index in [4.69, 9.17) is 18.9 Å². The Bertz CT molecular complexity index is 803. The highest BCUT2D eigenvalue weighted by Gasteiger charge is 2.08. The van der Waals surface area contributed by atoms with E-state index >= 15 is 0 Å². The molecule has 0 heterocycles. The molecule has 0 aromatic heterocycles. The molecule has 1 unspecified atom stereocenters. The molecule has 5 nitrogen and oxygen atoms in total. The van der Waals surface area contributed by atoms with Crippen LogP contribution in [0.3, 0.4) is 0 Å². The van der Waals surface area contributed by atoms with Gasteiger partial charge in [0.1, 0.15) is 11.5 Å². The lowest BCUT2D eigenvalue weighted by molar-refractivity contribution is 0.0182. The molecule has 33 heavy (non-hydrogen) atoms. The second-order valence-electron chi connectivity index (χ2n) is 8.38. The zero-order valence-corrected chi connectivity index (χ0v) is 20.6. The van der Waals surface area contributed by atoms with Gasteiger partial charge >= 0.3 is 0 Å². The third-order valence-corrected chi connectivity index (χ3v) is 5.33. The van der Waals surface area contributed by atoms with E-state index in [-0.39, 0.29) is 19.7 Å². The summed E-state index contributed by atoms with van der Waals surface area (Å²) < 4.78 is 22.0. The van der Waals surface area contributed by atoms with Crippen molar-refractivity contribution in [2.24, 2.45) is 5.92 Å². The number of aryl methyl sites for hydroxylation is 1. The monoisotopic (exact) mass is 456 g/mol. The average molecular weight is 457 g/mol. The van der Waals surface area contributed by atoms with Crippen LogP contribution in [0.2, 0.25) is 0 Å². The van der Waals surface area contributed by atoms with Gasteiger partial charge in [-0.1, -0.05) is 56.7 Å². The fourth-order valence-corrected chi connectivity index (χ4v) is 3.30.